The minimum Gasteiger partial charge on any atom is -0.481 e. The first-order valence-corrected chi connectivity index (χ1v) is 10.1. The minimum atomic E-state index is -0.450. The molecule has 0 aromatic carbocycles. The lowest BCUT2D eigenvalue weighted by atomic mass is 9.92. The fourth-order valence-electron chi connectivity index (χ4n) is 4.47. The summed E-state index contributed by atoms with van der Waals surface area (Å²) in [5.41, 5.74) is 0.620. The van der Waals surface area contributed by atoms with E-state index in [0.717, 1.165) is 44.3 Å². The molecule has 6 nitrogen and oxygen atoms in total. The predicted molar refractivity (Wildman–Crippen MR) is 105 cm³/mol. The number of rotatable bonds is 5. The molecule has 0 radical (unpaired) electrons. The smallest absolute Gasteiger partial charge is 0.410 e. The van der Waals surface area contributed by atoms with Gasteiger partial charge in [0.2, 0.25) is 5.88 Å². The van der Waals surface area contributed by atoms with Gasteiger partial charge in [-0.25, -0.2) is 9.78 Å². The number of ether oxygens (including phenoxy) is 2. The number of likely N-dealkylation sites (tertiary alicyclic amines) is 1. The summed E-state index contributed by atoms with van der Waals surface area (Å²) in [4.78, 5) is 18.9. The van der Waals surface area contributed by atoms with E-state index in [9.17, 15) is 4.79 Å². The number of hydrogen-bond donors (Lipinski definition) is 1. The number of hydrogen-bond acceptors (Lipinski definition) is 5. The second-order valence-corrected chi connectivity index (χ2v) is 8.64. The topological polar surface area (TPSA) is 63.7 Å². The zero-order valence-electron chi connectivity index (χ0n) is 17.0. The second kappa shape index (κ2) is 8.46. The van der Waals surface area contributed by atoms with E-state index >= 15 is 0 Å². The second-order valence-electron chi connectivity index (χ2n) is 8.64. The average molecular weight is 376 g/mol. The van der Waals surface area contributed by atoms with Crippen LogP contribution in [0.4, 0.5) is 4.79 Å². The molecule has 1 saturated carbocycles. The number of amides is 1. The average Bonchev–Trinajstić information content (AvgIpc) is 3.27. The molecule has 3 rings (SSSR count). The Morgan fingerprint density at radius 2 is 2.11 bits per heavy atom. The van der Waals surface area contributed by atoms with Gasteiger partial charge in [-0.3, -0.25) is 0 Å². The largest absolute Gasteiger partial charge is 0.481 e. The Bertz CT molecular complexity index is 644. The van der Waals surface area contributed by atoms with Crippen molar-refractivity contribution in [2.75, 3.05) is 13.7 Å². The van der Waals surface area contributed by atoms with E-state index in [1.165, 1.54) is 6.42 Å². The lowest BCUT2D eigenvalue weighted by Gasteiger charge is -2.34. The molecule has 0 bridgehead atoms. The monoisotopic (exact) mass is 375 g/mol. The van der Waals surface area contributed by atoms with E-state index < -0.39 is 5.60 Å². The summed E-state index contributed by atoms with van der Waals surface area (Å²) in [6.45, 7) is 7.32. The molecular formula is C21H33N3O3. The lowest BCUT2D eigenvalue weighted by Crippen LogP contribution is -2.47. The molecule has 6 heteroatoms. The van der Waals surface area contributed by atoms with E-state index in [2.05, 4.69) is 10.3 Å². The van der Waals surface area contributed by atoms with Gasteiger partial charge in [0, 0.05) is 36.9 Å². The number of pyridine rings is 1. The van der Waals surface area contributed by atoms with Crippen LogP contribution in [0.1, 0.15) is 58.4 Å². The molecule has 2 aliphatic rings. The maximum absolute atomic E-state index is 12.7. The quantitative estimate of drug-likeness (QED) is 0.849. The van der Waals surface area contributed by atoms with Crippen LogP contribution in [0.5, 0.6) is 5.88 Å². The van der Waals surface area contributed by atoms with Crippen LogP contribution in [-0.2, 0) is 11.3 Å². The van der Waals surface area contributed by atoms with Crippen LogP contribution in [0.25, 0.3) is 0 Å². The van der Waals surface area contributed by atoms with Gasteiger partial charge >= 0.3 is 6.09 Å². The fraction of sp³-hybridized carbons (Fsp3) is 0.714. The normalized spacial score (nSPS) is 25.6. The van der Waals surface area contributed by atoms with Crippen molar-refractivity contribution in [1.29, 1.82) is 0 Å². The van der Waals surface area contributed by atoms with Crippen LogP contribution >= 0.6 is 0 Å². The van der Waals surface area contributed by atoms with Crippen molar-refractivity contribution in [3.05, 3.63) is 23.9 Å². The molecule has 3 atom stereocenters. The van der Waals surface area contributed by atoms with E-state index in [-0.39, 0.29) is 12.1 Å². The third-order valence-corrected chi connectivity index (χ3v) is 5.59. The van der Waals surface area contributed by atoms with E-state index in [4.69, 9.17) is 9.47 Å². The summed E-state index contributed by atoms with van der Waals surface area (Å²) in [5, 5.41) is 3.71. The number of carbonyl (C=O) groups is 1. The van der Waals surface area contributed by atoms with Crippen LogP contribution in [0, 0.1) is 5.92 Å². The van der Waals surface area contributed by atoms with Gasteiger partial charge in [-0.05, 0) is 58.4 Å². The maximum Gasteiger partial charge on any atom is 0.410 e. The number of nitrogens with one attached hydrogen (secondary N) is 1. The molecule has 1 amide bonds. The van der Waals surface area contributed by atoms with Gasteiger partial charge in [0.05, 0.1) is 7.11 Å². The summed E-state index contributed by atoms with van der Waals surface area (Å²) in [6.07, 6.45) is 7.22. The van der Waals surface area contributed by atoms with Crippen molar-refractivity contribution in [2.24, 2.45) is 5.92 Å². The summed E-state index contributed by atoms with van der Waals surface area (Å²) in [7, 11) is 1.65. The number of aromatic nitrogens is 1. The van der Waals surface area contributed by atoms with Gasteiger partial charge < -0.3 is 19.7 Å². The molecule has 1 aliphatic carbocycles. The van der Waals surface area contributed by atoms with Gasteiger partial charge in [-0.15, -0.1) is 0 Å². The lowest BCUT2D eigenvalue weighted by molar-refractivity contribution is 0.0166. The highest BCUT2D eigenvalue weighted by Gasteiger charge is 2.41. The van der Waals surface area contributed by atoms with Crippen molar-refractivity contribution >= 4 is 6.09 Å². The Balaban J connectivity index is 1.64. The summed E-state index contributed by atoms with van der Waals surface area (Å²) < 4.78 is 11.0. The molecule has 1 aromatic heterocycles. The Morgan fingerprint density at radius 3 is 2.85 bits per heavy atom. The Kier molecular flexibility index (Phi) is 6.25. The SMILES string of the molecule is COc1ncccc1CN[C@@H]1CCC[C@@H]1[C@H]1CCCN1C(=O)OC(C)(C)C. The minimum absolute atomic E-state index is 0.162. The Hall–Kier alpha value is -1.82. The van der Waals surface area contributed by atoms with Crippen LogP contribution < -0.4 is 10.1 Å². The van der Waals surface area contributed by atoms with Crippen molar-refractivity contribution in [3.8, 4) is 5.88 Å². The molecule has 1 saturated heterocycles. The van der Waals surface area contributed by atoms with Gasteiger partial charge in [-0.2, -0.15) is 0 Å². The highest BCUT2D eigenvalue weighted by molar-refractivity contribution is 5.69. The number of nitrogens with zero attached hydrogens (tertiary/aromatic N) is 2. The first kappa shape index (κ1) is 19.9. The van der Waals surface area contributed by atoms with Crippen molar-refractivity contribution in [2.45, 2.75) is 77.1 Å². The standard InChI is InChI=1S/C21H33N3O3/c1-21(2,3)27-20(25)24-13-7-11-18(24)16-9-5-10-17(16)23-14-15-8-6-12-22-19(15)26-4/h6,8,12,16-18,23H,5,7,9-11,13-14H2,1-4H3/t16-,17+,18+/m0/s1. The van der Waals surface area contributed by atoms with Gasteiger partial charge in [0.15, 0.2) is 0 Å². The molecule has 1 N–H and O–H groups in total. The van der Waals surface area contributed by atoms with Crippen LogP contribution in [-0.4, -0.2) is 47.3 Å². The summed E-state index contributed by atoms with van der Waals surface area (Å²) >= 11 is 0. The fourth-order valence-corrected chi connectivity index (χ4v) is 4.47. The Morgan fingerprint density at radius 1 is 1.30 bits per heavy atom. The highest BCUT2D eigenvalue weighted by atomic mass is 16.6. The first-order valence-electron chi connectivity index (χ1n) is 10.1. The first-order chi connectivity index (χ1) is 12.9. The number of carbonyl (C=O) groups excluding carboxylic acids is 1. The Labute approximate surface area is 162 Å². The van der Waals surface area contributed by atoms with Crippen molar-refractivity contribution in [1.82, 2.24) is 15.2 Å². The molecule has 1 aromatic rings. The molecule has 2 heterocycles. The zero-order valence-corrected chi connectivity index (χ0v) is 17.0. The van der Waals surface area contributed by atoms with E-state index in [0.29, 0.717) is 17.8 Å². The molecule has 150 valence electrons. The maximum atomic E-state index is 12.7. The third-order valence-electron chi connectivity index (χ3n) is 5.59. The third kappa shape index (κ3) is 4.92. The zero-order chi connectivity index (χ0) is 19.4. The highest BCUT2D eigenvalue weighted by Crippen LogP contribution is 2.36. The van der Waals surface area contributed by atoms with Crippen LogP contribution in [0.15, 0.2) is 18.3 Å². The molecule has 1 aliphatic heterocycles. The molecular weight excluding hydrogens is 342 g/mol. The number of methoxy groups -OCH3 is 1. The molecule has 0 spiro atoms. The molecule has 0 unspecified atom stereocenters. The van der Waals surface area contributed by atoms with Gasteiger partial charge in [0.25, 0.3) is 0 Å². The van der Waals surface area contributed by atoms with Gasteiger partial charge in [-0.1, -0.05) is 12.5 Å². The van der Waals surface area contributed by atoms with E-state index in [1.807, 2.05) is 37.8 Å². The van der Waals surface area contributed by atoms with E-state index in [1.54, 1.807) is 13.3 Å². The van der Waals surface area contributed by atoms with Crippen LogP contribution in [0.2, 0.25) is 0 Å². The van der Waals surface area contributed by atoms with Gasteiger partial charge in [0.1, 0.15) is 5.60 Å². The molecule has 2 fully saturated rings. The summed E-state index contributed by atoms with van der Waals surface area (Å²) in [6, 6.07) is 4.66. The van der Waals surface area contributed by atoms with Crippen molar-refractivity contribution < 1.29 is 14.3 Å². The van der Waals surface area contributed by atoms with Crippen molar-refractivity contribution in [3.63, 3.8) is 0 Å². The summed E-state index contributed by atoms with van der Waals surface area (Å²) in [5.74, 6) is 1.15. The van der Waals surface area contributed by atoms with Crippen LogP contribution in [0.3, 0.4) is 0 Å². The predicted octanol–water partition coefficient (Wildman–Crippen LogP) is 3.75. The molecule has 27 heavy (non-hydrogen) atoms.